The number of nitrogens with one attached hydrogen (secondary N) is 1. The standard InChI is InChI=1S/C22H22FNO4/c1-26-22(6-8-27-9-7-22)17-11-18(23)13-19(12-17)28-14-16-10-15-4-2-3-5-20(15)24-21(16)25/h2-5,10-13H,6-9,14H2,1H3,(H,24,25). The molecule has 5 nitrogen and oxygen atoms in total. The normalized spacial score (nSPS) is 16.2. The Kier molecular flexibility index (Phi) is 5.15. The maximum Gasteiger partial charge on any atom is 0.255 e. The molecule has 1 aromatic heterocycles. The molecule has 3 aromatic rings. The molecule has 0 atom stereocenters. The molecule has 0 radical (unpaired) electrons. The number of rotatable bonds is 5. The minimum Gasteiger partial charge on any atom is -0.489 e. The lowest BCUT2D eigenvalue weighted by atomic mass is 9.86. The first-order valence-corrected chi connectivity index (χ1v) is 9.27. The van der Waals surface area contributed by atoms with E-state index in [4.69, 9.17) is 14.2 Å². The summed E-state index contributed by atoms with van der Waals surface area (Å²) in [5.41, 5.74) is 1.18. The van der Waals surface area contributed by atoms with E-state index in [0.29, 0.717) is 37.4 Å². The SMILES string of the molecule is COC1(c2cc(F)cc(OCc3cc4ccccc4[nH]c3=O)c2)CCOCC1. The second-order valence-corrected chi connectivity index (χ2v) is 6.99. The number of benzene rings is 2. The van der Waals surface area contributed by atoms with Gasteiger partial charge in [-0.25, -0.2) is 4.39 Å². The molecule has 0 aliphatic carbocycles. The van der Waals surface area contributed by atoms with Gasteiger partial charge in [-0.05, 0) is 35.2 Å². The molecule has 1 saturated heterocycles. The Hall–Kier alpha value is -2.70. The van der Waals surface area contributed by atoms with Gasteiger partial charge in [0.15, 0.2) is 0 Å². The maximum atomic E-state index is 14.3. The Labute approximate surface area is 162 Å². The van der Waals surface area contributed by atoms with Crippen molar-refractivity contribution in [2.24, 2.45) is 0 Å². The molecule has 0 saturated carbocycles. The van der Waals surface area contributed by atoms with Crippen LogP contribution in [0.1, 0.15) is 24.0 Å². The van der Waals surface area contributed by atoms with E-state index in [9.17, 15) is 9.18 Å². The fourth-order valence-corrected chi connectivity index (χ4v) is 3.68. The van der Waals surface area contributed by atoms with Crippen LogP contribution in [0.25, 0.3) is 10.9 Å². The Morgan fingerprint density at radius 3 is 2.71 bits per heavy atom. The molecule has 2 heterocycles. The van der Waals surface area contributed by atoms with Gasteiger partial charge in [0.2, 0.25) is 0 Å². The molecule has 0 bridgehead atoms. The van der Waals surface area contributed by atoms with Gasteiger partial charge in [-0.15, -0.1) is 0 Å². The van der Waals surface area contributed by atoms with Gasteiger partial charge in [-0.1, -0.05) is 18.2 Å². The fraction of sp³-hybridized carbons (Fsp3) is 0.318. The number of aromatic nitrogens is 1. The van der Waals surface area contributed by atoms with Crippen molar-refractivity contribution in [1.29, 1.82) is 0 Å². The number of ether oxygens (including phenoxy) is 3. The van der Waals surface area contributed by atoms with E-state index in [-0.39, 0.29) is 12.2 Å². The van der Waals surface area contributed by atoms with E-state index in [2.05, 4.69) is 4.98 Å². The average Bonchev–Trinajstić information content (AvgIpc) is 2.72. The van der Waals surface area contributed by atoms with Crippen molar-refractivity contribution in [3.05, 3.63) is 75.8 Å². The van der Waals surface area contributed by atoms with Crippen LogP contribution in [0.2, 0.25) is 0 Å². The molecule has 1 aliphatic rings. The summed E-state index contributed by atoms with van der Waals surface area (Å²) in [4.78, 5) is 15.1. The van der Waals surface area contributed by atoms with Crippen LogP contribution in [0.4, 0.5) is 4.39 Å². The van der Waals surface area contributed by atoms with Gasteiger partial charge < -0.3 is 19.2 Å². The number of hydrogen-bond donors (Lipinski definition) is 1. The minimum absolute atomic E-state index is 0.0478. The lowest BCUT2D eigenvalue weighted by Crippen LogP contribution is -2.35. The Morgan fingerprint density at radius 2 is 1.93 bits per heavy atom. The van der Waals surface area contributed by atoms with Crippen LogP contribution in [0.5, 0.6) is 5.75 Å². The number of methoxy groups -OCH3 is 1. The minimum atomic E-state index is -0.584. The Balaban J connectivity index is 1.60. The summed E-state index contributed by atoms with van der Waals surface area (Å²) in [6.45, 7) is 1.17. The molecule has 0 unspecified atom stereocenters. The fourth-order valence-electron chi connectivity index (χ4n) is 3.68. The number of pyridine rings is 1. The molecule has 1 N–H and O–H groups in total. The van der Waals surface area contributed by atoms with Crippen molar-refractivity contribution in [2.75, 3.05) is 20.3 Å². The highest BCUT2D eigenvalue weighted by Gasteiger charge is 2.35. The zero-order valence-electron chi connectivity index (χ0n) is 15.7. The average molecular weight is 383 g/mol. The summed E-state index contributed by atoms with van der Waals surface area (Å²) in [5, 5.41) is 0.918. The third-order valence-corrected chi connectivity index (χ3v) is 5.31. The van der Waals surface area contributed by atoms with Crippen molar-refractivity contribution in [3.63, 3.8) is 0 Å². The van der Waals surface area contributed by atoms with Crippen molar-refractivity contribution in [2.45, 2.75) is 25.0 Å². The van der Waals surface area contributed by atoms with Crippen LogP contribution < -0.4 is 10.3 Å². The summed E-state index contributed by atoms with van der Waals surface area (Å²) in [6.07, 6.45) is 1.30. The maximum absolute atomic E-state index is 14.3. The summed E-state index contributed by atoms with van der Waals surface area (Å²) in [6, 6.07) is 13.9. The van der Waals surface area contributed by atoms with Crippen molar-refractivity contribution >= 4 is 10.9 Å². The summed E-state index contributed by atoms with van der Waals surface area (Å²) < 4.78 is 31.2. The molecule has 1 aliphatic heterocycles. The van der Waals surface area contributed by atoms with Gasteiger partial charge in [0.05, 0.1) is 11.2 Å². The van der Waals surface area contributed by atoms with E-state index >= 15 is 0 Å². The number of halogens is 1. The molecule has 4 rings (SSSR count). The molecule has 28 heavy (non-hydrogen) atoms. The highest BCUT2D eigenvalue weighted by molar-refractivity contribution is 5.78. The molecule has 0 spiro atoms. The van der Waals surface area contributed by atoms with Gasteiger partial charge >= 0.3 is 0 Å². The van der Waals surface area contributed by atoms with Crippen LogP contribution in [0.3, 0.4) is 0 Å². The highest BCUT2D eigenvalue weighted by Crippen LogP contribution is 2.37. The summed E-state index contributed by atoms with van der Waals surface area (Å²) in [7, 11) is 1.63. The molecule has 1 fully saturated rings. The zero-order chi connectivity index (χ0) is 19.6. The third kappa shape index (κ3) is 3.66. The van der Waals surface area contributed by atoms with Crippen LogP contribution >= 0.6 is 0 Å². The molecular weight excluding hydrogens is 361 g/mol. The van der Waals surface area contributed by atoms with Crippen LogP contribution in [-0.2, 0) is 21.7 Å². The predicted molar refractivity (Wildman–Crippen MR) is 104 cm³/mol. The van der Waals surface area contributed by atoms with E-state index in [1.165, 1.54) is 12.1 Å². The topological polar surface area (TPSA) is 60.5 Å². The molecule has 6 heteroatoms. The molecular formula is C22H22FNO4. The van der Waals surface area contributed by atoms with Crippen LogP contribution in [0.15, 0.2) is 53.3 Å². The number of fused-ring (bicyclic) bond motifs is 1. The quantitative estimate of drug-likeness (QED) is 0.726. The largest absolute Gasteiger partial charge is 0.489 e. The van der Waals surface area contributed by atoms with E-state index < -0.39 is 11.4 Å². The monoisotopic (exact) mass is 383 g/mol. The number of H-pyrrole nitrogens is 1. The summed E-state index contributed by atoms with van der Waals surface area (Å²) in [5.74, 6) is -0.0340. The van der Waals surface area contributed by atoms with Gasteiger partial charge in [-0.2, -0.15) is 0 Å². The van der Waals surface area contributed by atoms with Crippen molar-refractivity contribution in [1.82, 2.24) is 4.98 Å². The van der Waals surface area contributed by atoms with Gasteiger partial charge in [-0.3, -0.25) is 4.79 Å². The van der Waals surface area contributed by atoms with Crippen molar-refractivity contribution in [3.8, 4) is 5.75 Å². The third-order valence-electron chi connectivity index (χ3n) is 5.31. The molecule has 0 amide bonds. The van der Waals surface area contributed by atoms with Gasteiger partial charge in [0.1, 0.15) is 18.2 Å². The first kappa shape index (κ1) is 18.7. The highest BCUT2D eigenvalue weighted by atomic mass is 19.1. The number of para-hydroxylation sites is 1. The van der Waals surface area contributed by atoms with Crippen molar-refractivity contribution < 1.29 is 18.6 Å². The van der Waals surface area contributed by atoms with E-state index in [1.54, 1.807) is 19.2 Å². The first-order chi connectivity index (χ1) is 13.6. The molecule has 146 valence electrons. The van der Waals surface area contributed by atoms with E-state index in [0.717, 1.165) is 16.5 Å². The lowest BCUT2D eigenvalue weighted by Gasteiger charge is -2.36. The smallest absolute Gasteiger partial charge is 0.255 e. The molecule has 2 aromatic carbocycles. The second-order valence-electron chi connectivity index (χ2n) is 6.99. The summed E-state index contributed by atoms with van der Waals surface area (Å²) >= 11 is 0. The van der Waals surface area contributed by atoms with E-state index in [1.807, 2.05) is 24.3 Å². The zero-order valence-corrected chi connectivity index (χ0v) is 15.7. The van der Waals surface area contributed by atoms with Gasteiger partial charge in [0.25, 0.3) is 5.56 Å². The second kappa shape index (κ2) is 7.73. The number of aromatic amines is 1. The lowest BCUT2D eigenvalue weighted by molar-refractivity contribution is -0.0950. The van der Waals surface area contributed by atoms with Crippen LogP contribution in [0, 0.1) is 5.82 Å². The van der Waals surface area contributed by atoms with Crippen LogP contribution in [-0.4, -0.2) is 25.3 Å². The van der Waals surface area contributed by atoms with Gasteiger partial charge in [0, 0.05) is 44.7 Å². The first-order valence-electron chi connectivity index (χ1n) is 9.27. The Morgan fingerprint density at radius 1 is 1.14 bits per heavy atom. The predicted octanol–water partition coefficient (Wildman–Crippen LogP) is 3.90. The number of hydrogen-bond acceptors (Lipinski definition) is 4. The Bertz CT molecular complexity index is 1040.